The minimum absolute atomic E-state index is 0. The van der Waals surface area contributed by atoms with Crippen molar-refractivity contribution < 1.29 is 13.9 Å². The van der Waals surface area contributed by atoms with Crippen molar-refractivity contribution in [3.63, 3.8) is 0 Å². The minimum Gasteiger partial charge on any atom is -0.468 e. The number of esters is 1. The Morgan fingerprint density at radius 3 is 3.09 bits per heavy atom. The molecule has 23 heavy (non-hydrogen) atoms. The van der Waals surface area contributed by atoms with Crippen LogP contribution in [-0.2, 0) is 9.53 Å². The summed E-state index contributed by atoms with van der Waals surface area (Å²) in [6, 6.07) is 8.17. The van der Waals surface area contributed by atoms with Crippen LogP contribution in [0.5, 0.6) is 0 Å². The van der Waals surface area contributed by atoms with Crippen molar-refractivity contribution in [2.75, 3.05) is 19.7 Å². The van der Waals surface area contributed by atoms with Gasteiger partial charge >= 0.3 is 5.97 Å². The number of hydrogen-bond donors (Lipinski definition) is 1. The standard InChI is InChI=1S/C17H20N2O3.ClH/c1-2-21-16(20)7-8-18-15-9-13(10-19-15)17-14-6-4-3-5-12(14)11-22-17;/h3-6,11,13H,2,7-10H2,1H3,(H,18,19);1H. The lowest BCUT2D eigenvalue weighted by molar-refractivity contribution is -0.142. The molecule has 0 fully saturated rings. The van der Waals surface area contributed by atoms with Crippen molar-refractivity contribution in [1.82, 2.24) is 5.32 Å². The molecular formula is C17H21ClN2O3. The Hall–Kier alpha value is -2.01. The van der Waals surface area contributed by atoms with E-state index in [4.69, 9.17) is 9.15 Å². The third-order valence-corrected chi connectivity index (χ3v) is 3.82. The molecule has 124 valence electrons. The molecule has 1 aromatic heterocycles. The highest BCUT2D eigenvalue weighted by molar-refractivity contribution is 5.88. The van der Waals surface area contributed by atoms with Gasteiger partial charge in [0.15, 0.2) is 0 Å². The molecule has 1 atom stereocenters. The van der Waals surface area contributed by atoms with E-state index in [0.29, 0.717) is 19.6 Å². The Labute approximate surface area is 141 Å². The molecule has 0 bridgehead atoms. The number of ether oxygens (including phenoxy) is 1. The molecule has 1 N–H and O–H groups in total. The monoisotopic (exact) mass is 336 g/mol. The Kier molecular flexibility index (Phi) is 6.04. The van der Waals surface area contributed by atoms with Crippen LogP contribution in [0.4, 0.5) is 0 Å². The number of carbonyl (C=O) groups excluding carboxylic acids is 1. The van der Waals surface area contributed by atoms with Gasteiger partial charge in [-0.25, -0.2) is 0 Å². The van der Waals surface area contributed by atoms with E-state index >= 15 is 0 Å². The van der Waals surface area contributed by atoms with Crippen LogP contribution in [0.25, 0.3) is 10.8 Å². The second kappa shape index (κ2) is 8.02. The van der Waals surface area contributed by atoms with Gasteiger partial charge in [-0.3, -0.25) is 9.79 Å². The van der Waals surface area contributed by atoms with Crippen LogP contribution in [0.2, 0.25) is 0 Å². The van der Waals surface area contributed by atoms with Crippen LogP contribution in [-0.4, -0.2) is 31.5 Å². The van der Waals surface area contributed by atoms with Gasteiger partial charge in [-0.15, -0.1) is 12.4 Å². The van der Waals surface area contributed by atoms with E-state index in [0.717, 1.165) is 35.3 Å². The summed E-state index contributed by atoms with van der Waals surface area (Å²) >= 11 is 0. The fourth-order valence-corrected chi connectivity index (χ4v) is 2.76. The number of aliphatic imine (C=N–C) groups is 1. The van der Waals surface area contributed by atoms with Crippen molar-refractivity contribution in [3.8, 4) is 0 Å². The van der Waals surface area contributed by atoms with Crippen LogP contribution in [0.3, 0.4) is 0 Å². The molecule has 0 amide bonds. The Morgan fingerprint density at radius 1 is 1.43 bits per heavy atom. The van der Waals surface area contributed by atoms with Crippen LogP contribution in [0, 0.1) is 0 Å². The zero-order valence-electron chi connectivity index (χ0n) is 13.1. The molecule has 0 saturated heterocycles. The van der Waals surface area contributed by atoms with Gasteiger partial charge in [-0.1, -0.05) is 24.3 Å². The molecule has 1 aliphatic heterocycles. The van der Waals surface area contributed by atoms with E-state index in [-0.39, 0.29) is 24.3 Å². The summed E-state index contributed by atoms with van der Waals surface area (Å²) in [5.41, 5.74) is 0. The first-order valence-corrected chi connectivity index (χ1v) is 7.67. The van der Waals surface area contributed by atoms with Gasteiger partial charge in [-0.05, 0) is 6.92 Å². The summed E-state index contributed by atoms with van der Waals surface area (Å²) < 4.78 is 10.6. The second-order valence-corrected chi connectivity index (χ2v) is 5.36. The molecule has 2 heterocycles. The maximum Gasteiger partial charge on any atom is 0.307 e. The van der Waals surface area contributed by atoms with Gasteiger partial charge in [-0.2, -0.15) is 0 Å². The number of halogens is 1. The number of hydrogen-bond acceptors (Lipinski definition) is 5. The molecule has 6 heteroatoms. The second-order valence-electron chi connectivity index (χ2n) is 5.36. The Morgan fingerprint density at radius 2 is 2.26 bits per heavy atom. The first-order chi connectivity index (χ1) is 10.8. The highest BCUT2D eigenvalue weighted by atomic mass is 35.5. The van der Waals surface area contributed by atoms with Crippen LogP contribution in [0.15, 0.2) is 39.9 Å². The van der Waals surface area contributed by atoms with Gasteiger partial charge in [0.1, 0.15) is 5.76 Å². The van der Waals surface area contributed by atoms with Crippen LogP contribution in [0.1, 0.15) is 31.4 Å². The molecule has 1 aromatic carbocycles. The average molecular weight is 337 g/mol. The highest BCUT2D eigenvalue weighted by Gasteiger charge is 2.24. The van der Waals surface area contributed by atoms with Gasteiger partial charge in [0.2, 0.25) is 0 Å². The summed E-state index contributed by atoms with van der Waals surface area (Å²) in [4.78, 5) is 15.8. The lowest BCUT2D eigenvalue weighted by atomic mass is 10.0. The smallest absolute Gasteiger partial charge is 0.307 e. The SMILES string of the molecule is CCOC(=O)CCNC1=NCC(c2occ3ccccc23)C1.Cl. The third-order valence-electron chi connectivity index (χ3n) is 3.82. The number of nitrogens with zero attached hydrogens (tertiary/aromatic N) is 1. The highest BCUT2D eigenvalue weighted by Crippen LogP contribution is 2.32. The molecule has 5 nitrogen and oxygen atoms in total. The number of carbonyl (C=O) groups is 1. The lowest BCUT2D eigenvalue weighted by Gasteiger charge is -2.08. The molecule has 0 aliphatic carbocycles. The van der Waals surface area contributed by atoms with Crippen molar-refractivity contribution >= 4 is 35.0 Å². The summed E-state index contributed by atoms with van der Waals surface area (Å²) in [5.74, 6) is 2.03. The van der Waals surface area contributed by atoms with Crippen molar-refractivity contribution in [2.45, 2.75) is 25.7 Å². The predicted molar refractivity (Wildman–Crippen MR) is 92.4 cm³/mol. The van der Waals surface area contributed by atoms with Crippen LogP contribution >= 0.6 is 12.4 Å². The topological polar surface area (TPSA) is 63.8 Å². The van der Waals surface area contributed by atoms with E-state index in [1.165, 1.54) is 0 Å². The Balaban J connectivity index is 0.00000192. The predicted octanol–water partition coefficient (Wildman–Crippen LogP) is 3.28. The van der Waals surface area contributed by atoms with Crippen molar-refractivity contribution in [2.24, 2.45) is 4.99 Å². The largest absolute Gasteiger partial charge is 0.468 e. The third kappa shape index (κ3) is 4.05. The fraction of sp³-hybridized carbons (Fsp3) is 0.412. The number of nitrogens with one attached hydrogen (secondary N) is 1. The summed E-state index contributed by atoms with van der Waals surface area (Å²) in [6.45, 7) is 3.51. The first-order valence-electron chi connectivity index (χ1n) is 7.67. The van der Waals surface area contributed by atoms with Gasteiger partial charge in [0.25, 0.3) is 0 Å². The molecular weight excluding hydrogens is 316 g/mol. The lowest BCUT2D eigenvalue weighted by Crippen LogP contribution is -2.25. The zero-order valence-corrected chi connectivity index (χ0v) is 13.9. The molecule has 1 unspecified atom stereocenters. The average Bonchev–Trinajstić information content (AvgIpc) is 3.13. The normalized spacial score (nSPS) is 16.7. The van der Waals surface area contributed by atoms with Crippen molar-refractivity contribution in [1.29, 1.82) is 0 Å². The number of benzene rings is 1. The van der Waals surface area contributed by atoms with E-state index in [9.17, 15) is 4.79 Å². The molecule has 3 rings (SSSR count). The molecule has 0 saturated carbocycles. The fourth-order valence-electron chi connectivity index (χ4n) is 2.76. The molecule has 1 aliphatic rings. The van der Waals surface area contributed by atoms with Crippen LogP contribution < -0.4 is 5.32 Å². The van der Waals surface area contributed by atoms with E-state index in [1.54, 1.807) is 6.26 Å². The number of furan rings is 1. The maximum atomic E-state index is 11.3. The maximum absolute atomic E-state index is 11.3. The quantitative estimate of drug-likeness (QED) is 0.851. The molecule has 0 spiro atoms. The number of amidine groups is 1. The first kappa shape index (κ1) is 17.3. The zero-order chi connectivity index (χ0) is 15.4. The van der Waals surface area contributed by atoms with Gasteiger partial charge in [0, 0.05) is 29.7 Å². The van der Waals surface area contributed by atoms with Crippen molar-refractivity contribution in [3.05, 3.63) is 36.3 Å². The van der Waals surface area contributed by atoms with Gasteiger partial charge in [0.05, 0.1) is 31.7 Å². The molecule has 0 radical (unpaired) electrons. The summed E-state index contributed by atoms with van der Waals surface area (Å²) in [7, 11) is 0. The number of fused-ring (bicyclic) bond motifs is 1. The summed E-state index contributed by atoms with van der Waals surface area (Å²) in [6.07, 6.45) is 2.98. The van der Waals surface area contributed by atoms with E-state index in [2.05, 4.69) is 22.4 Å². The molecule has 2 aromatic rings. The van der Waals surface area contributed by atoms with E-state index < -0.39 is 0 Å². The number of rotatable bonds is 5. The Bertz CT molecular complexity index is 696. The minimum atomic E-state index is -0.179. The van der Waals surface area contributed by atoms with Gasteiger partial charge < -0.3 is 14.5 Å². The summed E-state index contributed by atoms with van der Waals surface area (Å²) in [5, 5.41) is 5.51. The van der Waals surface area contributed by atoms with E-state index in [1.807, 2.05) is 19.1 Å².